The first-order valence-electron chi connectivity index (χ1n) is 7.71. The zero-order valence-corrected chi connectivity index (χ0v) is 14.1. The number of carbonyl (C=O) groups excluding carboxylic acids is 3. The third kappa shape index (κ3) is 8.40. The zero-order valence-electron chi connectivity index (χ0n) is 14.1. The first-order valence-corrected chi connectivity index (χ1v) is 7.71. The number of nitro benzene ring substituents is 1. The molecule has 0 aliphatic rings. The van der Waals surface area contributed by atoms with Gasteiger partial charge in [-0.15, -0.1) is 0 Å². The summed E-state index contributed by atoms with van der Waals surface area (Å²) in [5.41, 5.74) is 6.26. The van der Waals surface area contributed by atoms with Crippen molar-refractivity contribution in [2.24, 2.45) is 5.73 Å². The van der Waals surface area contributed by atoms with Gasteiger partial charge in [-0.1, -0.05) is 12.1 Å². The van der Waals surface area contributed by atoms with Gasteiger partial charge in [0.05, 0.1) is 24.1 Å². The summed E-state index contributed by atoms with van der Waals surface area (Å²) in [5, 5.41) is 25.5. The van der Waals surface area contributed by atoms with Gasteiger partial charge in [0.25, 0.3) is 5.69 Å². The highest BCUT2D eigenvalue weighted by Gasteiger charge is 2.16. The first kappa shape index (κ1) is 21.5. The predicted octanol–water partition coefficient (Wildman–Crippen LogP) is -2.10. The summed E-state index contributed by atoms with van der Waals surface area (Å²) in [6.07, 6.45) is 0.114. The van der Waals surface area contributed by atoms with Gasteiger partial charge >= 0.3 is 5.97 Å². The fraction of sp³-hybridized carbons (Fsp3) is 0.333. The summed E-state index contributed by atoms with van der Waals surface area (Å²) in [7, 11) is 0. The number of nitrogens with one attached hydrogen (secondary N) is 3. The van der Waals surface area contributed by atoms with Crippen LogP contribution in [-0.2, 0) is 25.6 Å². The molecule has 1 atom stereocenters. The van der Waals surface area contributed by atoms with Crippen LogP contribution in [0.2, 0.25) is 0 Å². The summed E-state index contributed by atoms with van der Waals surface area (Å²) in [6, 6.07) is 4.57. The maximum absolute atomic E-state index is 11.9. The van der Waals surface area contributed by atoms with E-state index in [1.54, 1.807) is 0 Å². The van der Waals surface area contributed by atoms with E-state index >= 15 is 0 Å². The average molecular weight is 381 g/mol. The number of amides is 3. The first-order chi connectivity index (χ1) is 12.7. The molecule has 1 rings (SSSR count). The molecule has 0 radical (unpaired) electrons. The smallest absolute Gasteiger partial charge is 0.322 e. The van der Waals surface area contributed by atoms with Gasteiger partial charge in [0.1, 0.15) is 6.54 Å². The predicted molar refractivity (Wildman–Crippen MR) is 91.4 cm³/mol. The molecule has 12 nitrogen and oxygen atoms in total. The monoisotopic (exact) mass is 381 g/mol. The van der Waals surface area contributed by atoms with Crippen molar-refractivity contribution in [3.63, 3.8) is 0 Å². The highest BCUT2D eigenvalue weighted by molar-refractivity contribution is 5.90. The second kappa shape index (κ2) is 10.5. The lowest BCUT2D eigenvalue weighted by Gasteiger charge is -2.12. The van der Waals surface area contributed by atoms with Crippen molar-refractivity contribution in [1.29, 1.82) is 0 Å². The molecule has 3 amide bonds. The summed E-state index contributed by atoms with van der Waals surface area (Å²) in [4.78, 5) is 55.0. The van der Waals surface area contributed by atoms with Crippen LogP contribution >= 0.6 is 0 Å². The number of carbonyl (C=O) groups is 4. The quantitative estimate of drug-likeness (QED) is 0.224. The van der Waals surface area contributed by atoms with Gasteiger partial charge in [-0.3, -0.25) is 29.3 Å². The number of aliphatic carboxylic acids is 1. The van der Waals surface area contributed by atoms with Gasteiger partial charge < -0.3 is 26.8 Å². The second-order valence-electron chi connectivity index (χ2n) is 5.40. The maximum atomic E-state index is 11.9. The van der Waals surface area contributed by atoms with E-state index in [1.807, 2.05) is 0 Å². The van der Waals surface area contributed by atoms with Gasteiger partial charge in [0, 0.05) is 12.1 Å². The molecule has 12 heteroatoms. The Kier molecular flexibility index (Phi) is 8.32. The largest absolute Gasteiger partial charge is 0.480 e. The summed E-state index contributed by atoms with van der Waals surface area (Å²) >= 11 is 0. The fourth-order valence-electron chi connectivity index (χ4n) is 1.88. The molecular weight excluding hydrogens is 362 g/mol. The molecular formula is C15H19N5O7. The third-order valence-electron chi connectivity index (χ3n) is 3.25. The Morgan fingerprint density at radius 3 is 2.04 bits per heavy atom. The minimum absolute atomic E-state index is 0.0826. The van der Waals surface area contributed by atoms with Crippen LogP contribution in [-0.4, -0.2) is 59.4 Å². The Balaban J connectivity index is 2.33. The van der Waals surface area contributed by atoms with Gasteiger partial charge in [-0.05, 0) is 12.0 Å². The highest BCUT2D eigenvalue weighted by atomic mass is 16.6. The number of carboxylic acid groups (broad SMARTS) is 1. The number of non-ortho nitro benzene ring substituents is 1. The molecule has 0 fully saturated rings. The number of nitro groups is 1. The van der Waals surface area contributed by atoms with Crippen molar-refractivity contribution >= 4 is 29.4 Å². The normalized spacial score (nSPS) is 11.1. The minimum atomic E-state index is -1.22. The lowest BCUT2D eigenvalue weighted by molar-refractivity contribution is -0.384. The lowest BCUT2D eigenvalue weighted by Crippen LogP contribution is -2.47. The maximum Gasteiger partial charge on any atom is 0.322 e. The van der Waals surface area contributed by atoms with Crippen LogP contribution in [0.25, 0.3) is 0 Å². The highest BCUT2D eigenvalue weighted by Crippen LogP contribution is 2.12. The minimum Gasteiger partial charge on any atom is -0.480 e. The van der Waals surface area contributed by atoms with Crippen LogP contribution in [0.3, 0.4) is 0 Å². The number of hydrogen-bond acceptors (Lipinski definition) is 7. The third-order valence-corrected chi connectivity index (χ3v) is 3.25. The van der Waals surface area contributed by atoms with Crippen molar-refractivity contribution in [3.8, 4) is 0 Å². The molecule has 1 aromatic rings. The number of benzene rings is 1. The van der Waals surface area contributed by atoms with Crippen molar-refractivity contribution in [1.82, 2.24) is 16.0 Å². The van der Waals surface area contributed by atoms with Gasteiger partial charge in [0.15, 0.2) is 0 Å². The van der Waals surface area contributed by atoms with Crippen LogP contribution < -0.4 is 21.7 Å². The molecule has 0 aromatic heterocycles. The number of carboxylic acids is 1. The average Bonchev–Trinajstić information content (AvgIpc) is 2.62. The van der Waals surface area contributed by atoms with Crippen molar-refractivity contribution in [3.05, 3.63) is 39.9 Å². The van der Waals surface area contributed by atoms with Crippen LogP contribution in [0.5, 0.6) is 0 Å². The summed E-state index contributed by atoms with van der Waals surface area (Å²) < 4.78 is 0. The Labute approximate surface area is 153 Å². The SMILES string of the molecule is N[C@@H](Cc1ccc([N+](=O)[O-])cc1)C(=O)NCC(=O)NCC(=O)NCC(=O)O. The van der Waals surface area contributed by atoms with E-state index in [-0.39, 0.29) is 12.1 Å². The molecule has 0 saturated heterocycles. The molecule has 0 heterocycles. The molecule has 0 unspecified atom stereocenters. The summed E-state index contributed by atoms with van der Waals surface area (Å²) in [5.74, 6) is -3.17. The van der Waals surface area contributed by atoms with E-state index in [9.17, 15) is 29.3 Å². The molecule has 146 valence electrons. The number of nitrogens with two attached hydrogens (primary N) is 1. The molecule has 27 heavy (non-hydrogen) atoms. The Morgan fingerprint density at radius 2 is 1.52 bits per heavy atom. The lowest BCUT2D eigenvalue weighted by atomic mass is 10.1. The molecule has 0 spiro atoms. The Bertz CT molecular complexity index is 720. The van der Waals surface area contributed by atoms with Crippen LogP contribution in [0.1, 0.15) is 5.56 Å². The van der Waals surface area contributed by atoms with Crippen LogP contribution in [0.4, 0.5) is 5.69 Å². The zero-order chi connectivity index (χ0) is 20.4. The van der Waals surface area contributed by atoms with E-state index in [0.717, 1.165) is 0 Å². The van der Waals surface area contributed by atoms with E-state index in [2.05, 4.69) is 16.0 Å². The molecule has 0 saturated carbocycles. The van der Waals surface area contributed by atoms with Gasteiger partial charge in [-0.25, -0.2) is 0 Å². The Morgan fingerprint density at radius 1 is 1.00 bits per heavy atom. The number of rotatable bonds is 10. The number of hydrogen-bond donors (Lipinski definition) is 5. The standard InChI is InChI=1S/C15H19N5O7/c16-11(5-9-1-3-10(4-2-9)20(26)27)15(25)19-7-13(22)17-6-12(21)18-8-14(23)24/h1-4,11H,5-8,16H2,(H,17,22)(H,18,21)(H,19,25)(H,23,24)/t11-/m0/s1. The van der Waals surface area contributed by atoms with E-state index in [0.29, 0.717) is 5.56 Å². The van der Waals surface area contributed by atoms with Crippen molar-refractivity contribution < 1.29 is 29.2 Å². The van der Waals surface area contributed by atoms with Crippen molar-refractivity contribution in [2.45, 2.75) is 12.5 Å². The number of nitrogens with zero attached hydrogens (tertiary/aromatic N) is 1. The van der Waals surface area contributed by atoms with Crippen LogP contribution in [0.15, 0.2) is 24.3 Å². The van der Waals surface area contributed by atoms with Crippen LogP contribution in [0, 0.1) is 10.1 Å². The molecule has 0 aliphatic heterocycles. The second-order valence-corrected chi connectivity index (χ2v) is 5.40. The van der Waals surface area contributed by atoms with E-state index < -0.39 is 54.3 Å². The van der Waals surface area contributed by atoms with Gasteiger partial charge in [-0.2, -0.15) is 0 Å². The molecule has 6 N–H and O–H groups in total. The van der Waals surface area contributed by atoms with Gasteiger partial charge in [0.2, 0.25) is 17.7 Å². The van der Waals surface area contributed by atoms with Crippen molar-refractivity contribution in [2.75, 3.05) is 19.6 Å². The van der Waals surface area contributed by atoms with E-state index in [4.69, 9.17) is 10.8 Å². The molecule has 0 bridgehead atoms. The molecule has 0 aliphatic carbocycles. The van der Waals surface area contributed by atoms with E-state index in [1.165, 1.54) is 24.3 Å². The molecule has 1 aromatic carbocycles. The summed E-state index contributed by atoms with van der Waals surface area (Å²) in [6.45, 7) is -1.42. The Hall–Kier alpha value is -3.54. The fourth-order valence-corrected chi connectivity index (χ4v) is 1.88. The topological polar surface area (TPSA) is 194 Å².